The Morgan fingerprint density at radius 1 is 0.971 bits per heavy atom. The van der Waals surface area contributed by atoms with Gasteiger partial charge < -0.3 is 14.6 Å². The first kappa shape index (κ1) is 22.2. The summed E-state index contributed by atoms with van der Waals surface area (Å²) in [7, 11) is 0. The summed E-state index contributed by atoms with van der Waals surface area (Å²) in [6.07, 6.45) is 7.37. The fourth-order valence-corrected chi connectivity index (χ4v) is 4.66. The number of nitrogens with one attached hydrogen (secondary N) is 1. The van der Waals surface area contributed by atoms with Crippen LogP contribution in [0.4, 0.5) is 0 Å². The second-order valence-corrected chi connectivity index (χ2v) is 9.05. The van der Waals surface area contributed by atoms with Crippen LogP contribution in [0, 0.1) is 0 Å². The number of hydrogen-bond donors (Lipinski definition) is 1. The third-order valence-corrected chi connectivity index (χ3v) is 6.65. The van der Waals surface area contributed by atoms with Gasteiger partial charge in [0.2, 0.25) is 0 Å². The molecule has 0 unspecified atom stereocenters. The van der Waals surface area contributed by atoms with Crippen molar-refractivity contribution in [1.29, 1.82) is 0 Å². The van der Waals surface area contributed by atoms with E-state index >= 15 is 0 Å². The molecular weight excluding hydrogens is 448 g/mol. The maximum absolute atomic E-state index is 12.7. The van der Waals surface area contributed by atoms with E-state index in [2.05, 4.69) is 10.3 Å². The van der Waals surface area contributed by atoms with Crippen molar-refractivity contribution in [2.24, 2.45) is 0 Å². The average Bonchev–Trinajstić information content (AvgIpc) is 3.35. The summed E-state index contributed by atoms with van der Waals surface area (Å²) in [5.41, 5.74) is 4.33. The Bertz CT molecular complexity index is 1320. The molecule has 0 atom stereocenters. The Hall–Kier alpha value is -3.64. The van der Waals surface area contributed by atoms with Crippen molar-refractivity contribution >= 4 is 29.1 Å². The van der Waals surface area contributed by atoms with Crippen molar-refractivity contribution < 1.29 is 9.59 Å². The molecule has 1 fully saturated rings. The molecule has 0 saturated carbocycles. The SMILES string of the molecule is O=C(NCc1ccn2ccnc2c1)c1ccc(C2CCN(C(=O)c3cccc(Cl)c3)CC2)cc1. The number of likely N-dealkylation sites (tertiary alicyclic amines) is 1. The van der Waals surface area contributed by atoms with Gasteiger partial charge in [-0.3, -0.25) is 9.59 Å². The molecule has 1 aliphatic heterocycles. The molecule has 0 aliphatic carbocycles. The van der Waals surface area contributed by atoms with Crippen LogP contribution >= 0.6 is 11.6 Å². The minimum absolute atomic E-state index is 0.0277. The molecule has 172 valence electrons. The maximum Gasteiger partial charge on any atom is 0.253 e. The van der Waals surface area contributed by atoms with Crippen LogP contribution in [-0.2, 0) is 6.54 Å². The molecule has 1 saturated heterocycles. The molecule has 1 aliphatic rings. The molecule has 3 heterocycles. The van der Waals surface area contributed by atoms with Gasteiger partial charge in [-0.1, -0.05) is 29.8 Å². The van der Waals surface area contributed by atoms with Crippen molar-refractivity contribution in [3.8, 4) is 0 Å². The standard InChI is InChI=1S/C27H25ClN4O2/c28-24-3-1-2-23(17-24)27(34)32-13-9-21(10-14-32)20-4-6-22(7-5-20)26(33)30-18-19-8-12-31-15-11-29-25(31)16-19/h1-8,11-12,15-17,21H,9-10,13-14,18H2,(H,30,33). The number of aromatic nitrogens is 2. The summed E-state index contributed by atoms with van der Waals surface area (Å²) in [6, 6.07) is 18.9. The lowest BCUT2D eigenvalue weighted by Gasteiger charge is -2.32. The van der Waals surface area contributed by atoms with Gasteiger partial charge in [0, 0.05) is 54.4 Å². The van der Waals surface area contributed by atoms with Crippen LogP contribution in [0.3, 0.4) is 0 Å². The van der Waals surface area contributed by atoms with Gasteiger partial charge in [-0.15, -0.1) is 0 Å². The van der Waals surface area contributed by atoms with Crippen molar-refractivity contribution in [3.63, 3.8) is 0 Å². The number of imidazole rings is 1. The average molecular weight is 473 g/mol. The second kappa shape index (κ2) is 9.69. The highest BCUT2D eigenvalue weighted by atomic mass is 35.5. The number of carbonyl (C=O) groups is 2. The zero-order valence-corrected chi connectivity index (χ0v) is 19.4. The number of pyridine rings is 1. The summed E-state index contributed by atoms with van der Waals surface area (Å²) in [6.45, 7) is 1.86. The van der Waals surface area contributed by atoms with Crippen LogP contribution in [0.2, 0.25) is 5.02 Å². The van der Waals surface area contributed by atoms with Gasteiger partial charge in [0.25, 0.3) is 11.8 Å². The number of piperidine rings is 1. The van der Waals surface area contributed by atoms with Crippen LogP contribution in [0.15, 0.2) is 79.3 Å². The van der Waals surface area contributed by atoms with Gasteiger partial charge in [0.1, 0.15) is 5.65 Å². The number of carbonyl (C=O) groups excluding carboxylic acids is 2. The summed E-state index contributed by atoms with van der Waals surface area (Å²) in [5, 5.41) is 3.55. The topological polar surface area (TPSA) is 66.7 Å². The van der Waals surface area contributed by atoms with Gasteiger partial charge in [-0.05, 0) is 72.4 Å². The molecule has 2 aromatic heterocycles. The molecule has 34 heavy (non-hydrogen) atoms. The first-order chi connectivity index (χ1) is 16.6. The molecule has 2 aromatic carbocycles. The van der Waals surface area contributed by atoms with E-state index in [0.717, 1.165) is 24.1 Å². The molecule has 7 heteroatoms. The summed E-state index contributed by atoms with van der Waals surface area (Å²) < 4.78 is 1.93. The highest BCUT2D eigenvalue weighted by Crippen LogP contribution is 2.29. The second-order valence-electron chi connectivity index (χ2n) is 8.61. The fourth-order valence-electron chi connectivity index (χ4n) is 4.47. The van der Waals surface area contributed by atoms with Crippen LogP contribution in [0.25, 0.3) is 5.65 Å². The molecule has 0 bridgehead atoms. The predicted octanol–water partition coefficient (Wildman–Crippen LogP) is 4.94. The van der Waals surface area contributed by atoms with Gasteiger partial charge in [-0.25, -0.2) is 4.98 Å². The summed E-state index contributed by atoms with van der Waals surface area (Å²) >= 11 is 6.03. The number of halogens is 1. The van der Waals surface area contributed by atoms with E-state index in [1.165, 1.54) is 5.56 Å². The lowest BCUT2D eigenvalue weighted by molar-refractivity contribution is 0.0712. The molecule has 5 rings (SSSR count). The third kappa shape index (κ3) is 4.82. The lowest BCUT2D eigenvalue weighted by Crippen LogP contribution is -2.37. The Morgan fingerprint density at radius 2 is 1.76 bits per heavy atom. The van der Waals surface area contributed by atoms with Gasteiger partial charge in [-0.2, -0.15) is 0 Å². The van der Waals surface area contributed by atoms with Gasteiger partial charge >= 0.3 is 0 Å². The summed E-state index contributed by atoms with van der Waals surface area (Å²) in [5.74, 6) is 0.304. The number of fused-ring (bicyclic) bond motifs is 1. The molecule has 6 nitrogen and oxygen atoms in total. The van der Waals surface area contributed by atoms with E-state index in [0.29, 0.717) is 41.7 Å². The van der Waals surface area contributed by atoms with Crippen LogP contribution in [0.5, 0.6) is 0 Å². The van der Waals surface area contributed by atoms with E-state index in [1.54, 1.807) is 30.5 Å². The van der Waals surface area contributed by atoms with Crippen molar-refractivity contribution in [3.05, 3.63) is 107 Å². The van der Waals surface area contributed by atoms with Crippen molar-refractivity contribution in [2.75, 3.05) is 13.1 Å². The van der Waals surface area contributed by atoms with Crippen LogP contribution in [0.1, 0.15) is 50.6 Å². The lowest BCUT2D eigenvalue weighted by atomic mass is 9.88. The Labute approximate surface area is 203 Å². The van der Waals surface area contributed by atoms with Gasteiger partial charge in [0.05, 0.1) is 0 Å². The monoisotopic (exact) mass is 472 g/mol. The molecule has 0 radical (unpaired) electrons. The largest absolute Gasteiger partial charge is 0.348 e. The molecule has 0 spiro atoms. The molecule has 1 N–H and O–H groups in total. The van der Waals surface area contributed by atoms with Crippen LogP contribution in [-0.4, -0.2) is 39.2 Å². The Kier molecular flexibility index (Phi) is 6.32. The number of amides is 2. The highest BCUT2D eigenvalue weighted by molar-refractivity contribution is 6.30. The molecule has 2 amide bonds. The maximum atomic E-state index is 12.7. The van der Waals surface area contributed by atoms with Gasteiger partial charge in [0.15, 0.2) is 0 Å². The Morgan fingerprint density at radius 3 is 2.53 bits per heavy atom. The number of hydrogen-bond acceptors (Lipinski definition) is 3. The number of rotatable bonds is 5. The quantitative estimate of drug-likeness (QED) is 0.447. The zero-order valence-electron chi connectivity index (χ0n) is 18.7. The van der Waals surface area contributed by atoms with E-state index in [-0.39, 0.29) is 11.8 Å². The molecular formula is C27H25ClN4O2. The minimum atomic E-state index is -0.100. The Balaban J connectivity index is 1.15. The zero-order chi connectivity index (χ0) is 23.5. The molecule has 4 aromatic rings. The first-order valence-corrected chi connectivity index (χ1v) is 11.8. The normalized spacial score (nSPS) is 14.3. The van der Waals surface area contributed by atoms with E-state index in [9.17, 15) is 9.59 Å². The predicted molar refractivity (Wildman–Crippen MR) is 132 cm³/mol. The van der Waals surface area contributed by atoms with Crippen LogP contribution < -0.4 is 5.32 Å². The first-order valence-electron chi connectivity index (χ1n) is 11.4. The van der Waals surface area contributed by atoms with Crippen molar-refractivity contribution in [2.45, 2.75) is 25.3 Å². The summed E-state index contributed by atoms with van der Waals surface area (Å²) in [4.78, 5) is 31.5. The smallest absolute Gasteiger partial charge is 0.253 e. The highest BCUT2D eigenvalue weighted by Gasteiger charge is 2.24. The van der Waals surface area contributed by atoms with E-state index < -0.39 is 0 Å². The number of benzene rings is 2. The fraction of sp³-hybridized carbons (Fsp3) is 0.222. The van der Waals surface area contributed by atoms with E-state index in [4.69, 9.17) is 11.6 Å². The number of nitrogens with zero attached hydrogens (tertiary/aromatic N) is 3. The van der Waals surface area contributed by atoms with Crippen molar-refractivity contribution in [1.82, 2.24) is 19.6 Å². The van der Waals surface area contributed by atoms with E-state index in [1.807, 2.05) is 58.1 Å². The third-order valence-electron chi connectivity index (χ3n) is 6.41. The minimum Gasteiger partial charge on any atom is -0.348 e.